The van der Waals surface area contributed by atoms with E-state index < -0.39 is 34.4 Å². The Kier molecular flexibility index (Phi) is 4.03. The number of nitrogens with one attached hydrogen (secondary N) is 1. The second kappa shape index (κ2) is 5.99. The number of nitrogens with zero attached hydrogens (tertiary/aromatic N) is 2. The fourth-order valence-corrected chi connectivity index (χ4v) is 3.04. The van der Waals surface area contributed by atoms with Crippen LogP contribution >= 0.6 is 11.3 Å². The van der Waals surface area contributed by atoms with Gasteiger partial charge in [0, 0.05) is 28.8 Å². The van der Waals surface area contributed by atoms with Gasteiger partial charge in [0.15, 0.2) is 16.8 Å². The van der Waals surface area contributed by atoms with E-state index in [4.69, 9.17) is 0 Å². The smallest absolute Gasteiger partial charge is 0.236 e. The van der Waals surface area contributed by atoms with E-state index in [0.29, 0.717) is 17.1 Å². The largest absolute Gasteiger partial charge is 0.301 e. The summed E-state index contributed by atoms with van der Waals surface area (Å²) < 4.78 is 26.0. The van der Waals surface area contributed by atoms with E-state index in [2.05, 4.69) is 10.3 Å². The summed E-state index contributed by atoms with van der Waals surface area (Å²) in [4.78, 5) is 26.7. The van der Waals surface area contributed by atoms with Gasteiger partial charge in [-0.15, -0.1) is 11.3 Å². The molecule has 9 heteroatoms. The highest BCUT2D eigenvalue weighted by Gasteiger charge is 2.53. The van der Waals surface area contributed by atoms with Crippen LogP contribution in [0.4, 0.5) is 13.9 Å². The highest BCUT2D eigenvalue weighted by molar-refractivity contribution is 7.15. The molecule has 1 fully saturated rings. The minimum Gasteiger partial charge on any atom is -0.301 e. The van der Waals surface area contributed by atoms with Gasteiger partial charge in [-0.1, -0.05) is 6.07 Å². The Bertz CT molecular complexity index is 780. The van der Waals surface area contributed by atoms with Gasteiger partial charge in [-0.25, -0.2) is 13.8 Å². The lowest BCUT2D eigenvalue weighted by Gasteiger charge is -2.00. The monoisotopic (exact) mass is 339 g/mol. The van der Waals surface area contributed by atoms with E-state index in [0.717, 1.165) is 17.0 Å². The van der Waals surface area contributed by atoms with E-state index in [-0.39, 0.29) is 6.42 Å². The molecule has 2 unspecified atom stereocenters. The Morgan fingerprint density at radius 2 is 2.22 bits per heavy atom. The molecule has 1 aliphatic carbocycles. The van der Waals surface area contributed by atoms with Crippen molar-refractivity contribution in [3.05, 3.63) is 56.6 Å². The molecule has 3 rings (SSSR count). The van der Waals surface area contributed by atoms with Crippen molar-refractivity contribution >= 4 is 22.4 Å². The number of anilines is 1. The minimum atomic E-state index is -0.917. The molecular weight excluding hydrogens is 328 g/mol. The van der Waals surface area contributed by atoms with Crippen LogP contribution in [0.2, 0.25) is 0 Å². The molecule has 1 saturated carbocycles. The molecule has 2 atom stereocenters. The van der Waals surface area contributed by atoms with Crippen LogP contribution in [0, 0.1) is 27.7 Å². The summed E-state index contributed by atoms with van der Waals surface area (Å²) in [6.07, 6.45) is 2.12. The van der Waals surface area contributed by atoms with Crippen molar-refractivity contribution in [1.29, 1.82) is 0 Å². The Balaban J connectivity index is 1.61. The Morgan fingerprint density at radius 1 is 1.43 bits per heavy atom. The summed E-state index contributed by atoms with van der Waals surface area (Å²) in [5, 5.41) is 13.4. The molecule has 6 nitrogen and oxygen atoms in total. The molecule has 1 amide bonds. The zero-order chi connectivity index (χ0) is 16.6. The first-order chi connectivity index (χ1) is 10.9. The van der Waals surface area contributed by atoms with Crippen molar-refractivity contribution in [3.8, 4) is 0 Å². The summed E-state index contributed by atoms with van der Waals surface area (Å²) in [6.45, 7) is 0. The summed E-state index contributed by atoms with van der Waals surface area (Å²) in [7, 11) is 0. The molecule has 1 aromatic carbocycles. The zero-order valence-corrected chi connectivity index (χ0v) is 12.5. The normalized spacial score (nSPS) is 19.4. The molecule has 1 aromatic heterocycles. The summed E-state index contributed by atoms with van der Waals surface area (Å²) >= 11 is 1.19. The van der Waals surface area contributed by atoms with Crippen LogP contribution in [0.25, 0.3) is 0 Å². The van der Waals surface area contributed by atoms with Gasteiger partial charge in [-0.2, -0.15) is 0 Å². The molecule has 0 spiro atoms. The van der Waals surface area contributed by atoms with Crippen molar-refractivity contribution in [2.75, 3.05) is 5.32 Å². The van der Waals surface area contributed by atoms with Gasteiger partial charge in [0.1, 0.15) is 5.92 Å². The van der Waals surface area contributed by atoms with Gasteiger partial charge < -0.3 is 5.32 Å². The lowest BCUT2D eigenvalue weighted by Crippen LogP contribution is -2.18. The summed E-state index contributed by atoms with van der Waals surface area (Å²) in [5.41, 5.74) is 0.584. The van der Waals surface area contributed by atoms with Gasteiger partial charge in [0.05, 0.1) is 0 Å². The maximum Gasteiger partial charge on any atom is 0.236 e. The quantitative estimate of drug-likeness (QED) is 0.670. The number of hydrogen-bond acceptors (Lipinski definition) is 5. The van der Waals surface area contributed by atoms with Crippen molar-refractivity contribution in [1.82, 2.24) is 4.98 Å². The maximum absolute atomic E-state index is 13.2. The molecule has 1 N–H and O–H groups in total. The second-order valence-corrected chi connectivity index (χ2v) is 6.36. The number of aromatic nitrogens is 1. The summed E-state index contributed by atoms with van der Waals surface area (Å²) in [6, 6.07) is 2.83. The third-order valence-electron chi connectivity index (χ3n) is 3.51. The van der Waals surface area contributed by atoms with Gasteiger partial charge in [0.25, 0.3) is 0 Å². The third-order valence-corrected chi connectivity index (χ3v) is 4.42. The van der Waals surface area contributed by atoms with Crippen LogP contribution in [0.5, 0.6) is 0 Å². The number of thiazole rings is 1. The van der Waals surface area contributed by atoms with Gasteiger partial charge in [-0.05, 0) is 17.7 Å². The Labute approximate surface area is 133 Å². The van der Waals surface area contributed by atoms with Crippen molar-refractivity contribution in [2.45, 2.75) is 18.9 Å². The van der Waals surface area contributed by atoms with Gasteiger partial charge in [0.2, 0.25) is 11.9 Å². The number of halogens is 2. The fourth-order valence-electron chi connectivity index (χ4n) is 2.19. The number of hydrogen-bond donors (Lipinski definition) is 1. The van der Waals surface area contributed by atoms with Crippen LogP contribution in [-0.2, 0) is 11.2 Å². The number of carbonyl (C=O) groups excluding carboxylic acids is 1. The molecule has 1 aliphatic rings. The average molecular weight is 339 g/mol. The van der Waals surface area contributed by atoms with E-state index in [1.807, 2.05) is 0 Å². The number of amides is 1. The van der Waals surface area contributed by atoms with Crippen LogP contribution in [-0.4, -0.2) is 21.9 Å². The van der Waals surface area contributed by atoms with Crippen LogP contribution in [0.1, 0.15) is 16.9 Å². The molecule has 120 valence electrons. The predicted octanol–water partition coefficient (Wildman–Crippen LogP) is 2.62. The summed E-state index contributed by atoms with van der Waals surface area (Å²) in [5.74, 6) is -2.85. The fraction of sp³-hybridized carbons (Fsp3) is 0.286. The first-order valence-corrected chi connectivity index (χ1v) is 7.58. The predicted molar refractivity (Wildman–Crippen MR) is 78.8 cm³/mol. The molecule has 23 heavy (non-hydrogen) atoms. The highest BCUT2D eigenvalue weighted by Crippen LogP contribution is 2.34. The van der Waals surface area contributed by atoms with E-state index in [1.165, 1.54) is 23.6 Å². The van der Waals surface area contributed by atoms with Gasteiger partial charge >= 0.3 is 0 Å². The van der Waals surface area contributed by atoms with E-state index >= 15 is 0 Å². The Morgan fingerprint density at radius 3 is 2.87 bits per heavy atom. The van der Waals surface area contributed by atoms with Crippen LogP contribution < -0.4 is 5.32 Å². The topological polar surface area (TPSA) is 85.1 Å². The van der Waals surface area contributed by atoms with Crippen molar-refractivity contribution in [2.24, 2.45) is 5.92 Å². The minimum absolute atomic E-state index is 0.242. The standard InChI is InChI=1S/C14H11F2N3O3S/c15-10-2-1-7(4-11(10)16)3-8-6-17-14(23-8)18-13(20)9-5-12(9)19(21)22/h1-2,4,6,9,12H,3,5H2,(H,17,18,20). The zero-order valence-electron chi connectivity index (χ0n) is 11.7. The average Bonchev–Trinajstić information content (AvgIpc) is 3.20. The van der Waals surface area contributed by atoms with Crippen molar-refractivity contribution in [3.63, 3.8) is 0 Å². The van der Waals surface area contributed by atoms with E-state index in [1.54, 1.807) is 0 Å². The lowest BCUT2D eigenvalue weighted by atomic mass is 10.1. The van der Waals surface area contributed by atoms with Gasteiger partial charge in [-0.3, -0.25) is 14.9 Å². The number of benzene rings is 1. The SMILES string of the molecule is O=C(Nc1ncc(Cc2ccc(F)c(F)c2)s1)C1CC1[N+](=O)[O-]. The highest BCUT2D eigenvalue weighted by atomic mass is 32.1. The van der Waals surface area contributed by atoms with Crippen LogP contribution in [0.3, 0.4) is 0 Å². The van der Waals surface area contributed by atoms with E-state index in [9.17, 15) is 23.7 Å². The molecular formula is C14H11F2N3O3S. The number of nitro groups is 1. The van der Waals surface area contributed by atoms with Crippen molar-refractivity contribution < 1.29 is 18.5 Å². The molecule has 1 heterocycles. The molecule has 0 radical (unpaired) electrons. The maximum atomic E-state index is 13.2. The third kappa shape index (κ3) is 3.50. The molecule has 0 saturated heterocycles. The van der Waals surface area contributed by atoms with Crippen LogP contribution in [0.15, 0.2) is 24.4 Å². The Hall–Kier alpha value is -2.42. The number of rotatable bonds is 5. The molecule has 0 aliphatic heterocycles. The molecule has 2 aromatic rings. The molecule has 0 bridgehead atoms. The second-order valence-electron chi connectivity index (χ2n) is 5.24. The number of carbonyl (C=O) groups is 1. The first kappa shape index (κ1) is 15.5. The lowest BCUT2D eigenvalue weighted by molar-refractivity contribution is -0.497. The first-order valence-electron chi connectivity index (χ1n) is 6.77.